The Morgan fingerprint density at radius 2 is 1.41 bits per heavy atom. The molecule has 0 aliphatic rings. The van der Waals surface area contributed by atoms with E-state index < -0.39 is 0 Å². The van der Waals surface area contributed by atoms with Gasteiger partial charge in [0.2, 0.25) is 5.91 Å². The number of aldehydes is 1. The number of aryl methyl sites for hydroxylation is 1. The van der Waals surface area contributed by atoms with Gasteiger partial charge in [-0.3, -0.25) is 4.79 Å². The van der Waals surface area contributed by atoms with Crippen molar-refractivity contribution in [3.8, 4) is 0 Å². The van der Waals surface area contributed by atoms with Gasteiger partial charge in [-0.25, -0.2) is 4.39 Å². The molecule has 0 fully saturated rings. The highest BCUT2D eigenvalue weighted by atomic mass is 19.1. The summed E-state index contributed by atoms with van der Waals surface area (Å²) in [7, 11) is 0. The smallest absolute Gasteiger partial charge is 0.220 e. The third kappa shape index (κ3) is 7.95. The molecular formula is C30H36FNO2. The lowest BCUT2D eigenvalue weighted by molar-refractivity contribution is -0.121. The number of nitrogens with one attached hydrogen (secondary N) is 1. The molecule has 1 amide bonds. The number of hydrogen-bond acceptors (Lipinski definition) is 2. The number of amides is 1. The van der Waals surface area contributed by atoms with Gasteiger partial charge in [-0.2, -0.15) is 0 Å². The van der Waals surface area contributed by atoms with Gasteiger partial charge in [0.25, 0.3) is 0 Å². The average molecular weight is 462 g/mol. The zero-order valence-corrected chi connectivity index (χ0v) is 20.3. The van der Waals surface area contributed by atoms with Crippen LogP contribution in [0.5, 0.6) is 0 Å². The van der Waals surface area contributed by atoms with E-state index in [1.807, 2.05) is 50.2 Å². The monoisotopic (exact) mass is 461 g/mol. The van der Waals surface area contributed by atoms with Gasteiger partial charge >= 0.3 is 0 Å². The molecule has 4 heteroatoms. The number of carbonyl (C=O) groups excluding carboxylic acids is 2. The second-order valence-corrected chi connectivity index (χ2v) is 8.10. The minimum Gasteiger partial charge on any atom is -0.356 e. The predicted molar refractivity (Wildman–Crippen MR) is 137 cm³/mol. The largest absolute Gasteiger partial charge is 0.356 e. The standard InChI is InChI=1S/C28H30FNO2.C2H6/c29-26-16-13-23(14-17-26)15-18-27(32)30-21-7-19-28(20-8-22-31,24-9-3-1-4-10-24)25-11-5-2-6-12-25;1-2/h1-6,9-14,16-17,22H,7-8,15,18-21H2,(H,30,32);1-2H3. The van der Waals surface area contributed by atoms with Gasteiger partial charge in [0.15, 0.2) is 0 Å². The predicted octanol–water partition coefficient (Wildman–Crippen LogP) is 6.65. The van der Waals surface area contributed by atoms with Gasteiger partial charge in [-0.15, -0.1) is 0 Å². The fourth-order valence-electron chi connectivity index (χ4n) is 4.30. The number of carbonyl (C=O) groups is 2. The summed E-state index contributed by atoms with van der Waals surface area (Å²) in [6.07, 6.45) is 4.77. The lowest BCUT2D eigenvalue weighted by Crippen LogP contribution is -2.31. The quantitative estimate of drug-likeness (QED) is 0.243. The number of rotatable bonds is 12. The molecule has 0 aliphatic carbocycles. The summed E-state index contributed by atoms with van der Waals surface area (Å²) in [6, 6.07) is 26.9. The molecule has 0 aromatic heterocycles. The van der Waals surface area contributed by atoms with E-state index in [-0.39, 0.29) is 17.1 Å². The molecule has 0 bridgehead atoms. The summed E-state index contributed by atoms with van der Waals surface area (Å²) < 4.78 is 13.0. The van der Waals surface area contributed by atoms with Gasteiger partial charge in [0, 0.05) is 24.8 Å². The first kappa shape index (κ1) is 27.0. The second kappa shape index (κ2) is 14.8. The maximum Gasteiger partial charge on any atom is 0.220 e. The van der Waals surface area contributed by atoms with E-state index >= 15 is 0 Å². The highest BCUT2D eigenvalue weighted by Gasteiger charge is 2.33. The first-order valence-electron chi connectivity index (χ1n) is 12.2. The summed E-state index contributed by atoms with van der Waals surface area (Å²) in [5, 5.41) is 3.01. The summed E-state index contributed by atoms with van der Waals surface area (Å²) in [6.45, 7) is 4.57. The van der Waals surface area contributed by atoms with Crippen molar-refractivity contribution in [3.63, 3.8) is 0 Å². The van der Waals surface area contributed by atoms with Crippen LogP contribution in [-0.2, 0) is 21.4 Å². The van der Waals surface area contributed by atoms with Crippen LogP contribution in [-0.4, -0.2) is 18.7 Å². The molecule has 0 atom stereocenters. The van der Waals surface area contributed by atoms with Crippen LogP contribution in [0.4, 0.5) is 4.39 Å². The van der Waals surface area contributed by atoms with E-state index in [4.69, 9.17) is 0 Å². The molecule has 3 aromatic carbocycles. The summed E-state index contributed by atoms with van der Waals surface area (Å²) in [4.78, 5) is 23.6. The molecule has 180 valence electrons. The van der Waals surface area contributed by atoms with Crippen LogP contribution in [0, 0.1) is 5.82 Å². The van der Waals surface area contributed by atoms with Crippen LogP contribution in [0.1, 0.15) is 62.6 Å². The Morgan fingerprint density at radius 3 is 1.94 bits per heavy atom. The van der Waals surface area contributed by atoms with E-state index in [1.54, 1.807) is 12.1 Å². The molecular weight excluding hydrogens is 425 g/mol. The van der Waals surface area contributed by atoms with Gasteiger partial charge < -0.3 is 10.1 Å². The van der Waals surface area contributed by atoms with Crippen LogP contribution in [0.15, 0.2) is 84.9 Å². The third-order valence-electron chi connectivity index (χ3n) is 6.00. The number of halogens is 1. The van der Waals surface area contributed by atoms with E-state index in [0.29, 0.717) is 25.8 Å². The van der Waals surface area contributed by atoms with Gasteiger partial charge in [0.1, 0.15) is 12.1 Å². The molecule has 0 aliphatic heterocycles. The summed E-state index contributed by atoms with van der Waals surface area (Å²) in [5.41, 5.74) is 3.05. The first-order chi connectivity index (χ1) is 16.6. The van der Waals surface area contributed by atoms with E-state index in [9.17, 15) is 14.0 Å². The first-order valence-corrected chi connectivity index (χ1v) is 12.2. The van der Waals surface area contributed by atoms with Crippen molar-refractivity contribution in [2.45, 2.75) is 57.8 Å². The maximum atomic E-state index is 13.0. The number of hydrogen-bond donors (Lipinski definition) is 1. The van der Waals surface area contributed by atoms with Gasteiger partial charge in [-0.1, -0.05) is 86.6 Å². The average Bonchev–Trinajstić information content (AvgIpc) is 2.90. The Labute approximate surface area is 203 Å². The summed E-state index contributed by atoms with van der Waals surface area (Å²) >= 11 is 0. The lowest BCUT2D eigenvalue weighted by Gasteiger charge is -2.35. The molecule has 3 aromatic rings. The normalized spacial score (nSPS) is 10.7. The molecule has 3 rings (SSSR count). The Bertz CT molecular complexity index is 932. The van der Waals surface area contributed by atoms with Gasteiger partial charge in [0.05, 0.1) is 0 Å². The van der Waals surface area contributed by atoms with Crippen LogP contribution in [0.25, 0.3) is 0 Å². The Hall–Kier alpha value is -3.27. The molecule has 0 heterocycles. The topological polar surface area (TPSA) is 46.2 Å². The molecule has 3 nitrogen and oxygen atoms in total. The molecule has 0 unspecified atom stereocenters. The van der Waals surface area contributed by atoms with Crippen molar-refractivity contribution >= 4 is 12.2 Å². The molecule has 0 radical (unpaired) electrons. The Balaban J connectivity index is 0.00000199. The molecule has 0 saturated heterocycles. The minimum absolute atomic E-state index is 0.00719. The molecule has 34 heavy (non-hydrogen) atoms. The maximum absolute atomic E-state index is 13.0. The van der Waals surface area contributed by atoms with E-state index in [1.165, 1.54) is 23.3 Å². The van der Waals surface area contributed by atoms with Crippen molar-refractivity contribution in [1.82, 2.24) is 5.32 Å². The highest BCUT2D eigenvalue weighted by molar-refractivity contribution is 5.76. The van der Waals surface area contributed by atoms with Crippen LogP contribution < -0.4 is 5.32 Å². The van der Waals surface area contributed by atoms with Crippen molar-refractivity contribution in [2.75, 3.05) is 6.54 Å². The molecule has 0 spiro atoms. The van der Waals surface area contributed by atoms with Crippen LogP contribution >= 0.6 is 0 Å². The zero-order chi connectivity index (χ0) is 24.7. The van der Waals surface area contributed by atoms with Crippen molar-refractivity contribution in [3.05, 3.63) is 107 Å². The second-order valence-electron chi connectivity index (χ2n) is 8.10. The summed E-state index contributed by atoms with van der Waals surface area (Å²) in [5.74, 6) is -0.277. The lowest BCUT2D eigenvalue weighted by atomic mass is 9.68. The Morgan fingerprint density at radius 1 is 0.853 bits per heavy atom. The fraction of sp³-hybridized carbons (Fsp3) is 0.333. The van der Waals surface area contributed by atoms with Crippen molar-refractivity contribution < 1.29 is 14.0 Å². The van der Waals surface area contributed by atoms with E-state index in [0.717, 1.165) is 31.1 Å². The van der Waals surface area contributed by atoms with Crippen molar-refractivity contribution in [1.29, 1.82) is 0 Å². The SMILES string of the molecule is CC.O=CCCC(CCCNC(=O)CCc1ccc(F)cc1)(c1ccccc1)c1ccccc1. The third-order valence-corrected chi connectivity index (χ3v) is 6.00. The van der Waals surface area contributed by atoms with Crippen molar-refractivity contribution in [2.24, 2.45) is 0 Å². The van der Waals surface area contributed by atoms with Crippen LogP contribution in [0.3, 0.4) is 0 Å². The Kier molecular flexibility index (Phi) is 11.7. The van der Waals surface area contributed by atoms with Gasteiger partial charge in [-0.05, 0) is 54.5 Å². The highest BCUT2D eigenvalue weighted by Crippen LogP contribution is 2.40. The van der Waals surface area contributed by atoms with E-state index in [2.05, 4.69) is 29.6 Å². The molecule has 1 N–H and O–H groups in total. The van der Waals surface area contributed by atoms with Crippen LogP contribution in [0.2, 0.25) is 0 Å². The minimum atomic E-state index is -0.276. The fourth-order valence-corrected chi connectivity index (χ4v) is 4.30. The number of benzene rings is 3. The zero-order valence-electron chi connectivity index (χ0n) is 20.3. The molecule has 0 saturated carbocycles.